The van der Waals surface area contributed by atoms with E-state index in [-0.39, 0.29) is 36.0 Å². The Labute approximate surface area is 188 Å². The summed E-state index contributed by atoms with van der Waals surface area (Å²) in [6.45, 7) is 1.85. The van der Waals surface area contributed by atoms with Gasteiger partial charge in [-0.3, -0.25) is 9.59 Å². The summed E-state index contributed by atoms with van der Waals surface area (Å²) >= 11 is 0. The molecule has 0 saturated heterocycles. The summed E-state index contributed by atoms with van der Waals surface area (Å²) in [7, 11) is 0. The van der Waals surface area contributed by atoms with Crippen LogP contribution in [0.5, 0.6) is 5.75 Å². The average molecular weight is 447 g/mol. The first-order chi connectivity index (χ1) is 16.0. The molecule has 0 saturated carbocycles. The Bertz CT molecular complexity index is 1280. The molecule has 0 spiro atoms. The molecular weight excluding hydrogens is 426 g/mol. The van der Waals surface area contributed by atoms with Gasteiger partial charge in [-0.1, -0.05) is 59.8 Å². The molecule has 168 valence electrons. The van der Waals surface area contributed by atoms with Gasteiger partial charge >= 0.3 is 11.8 Å². The number of aryl methyl sites for hydroxylation is 1. The van der Waals surface area contributed by atoms with Gasteiger partial charge in [-0.2, -0.15) is 4.98 Å². The van der Waals surface area contributed by atoms with E-state index in [4.69, 9.17) is 13.7 Å². The highest BCUT2D eigenvalue weighted by molar-refractivity contribution is 5.89. The minimum atomic E-state index is -0.849. The van der Waals surface area contributed by atoms with Crippen molar-refractivity contribution in [2.75, 3.05) is 6.54 Å². The number of nitrogens with one attached hydrogen (secondary N) is 1. The molecule has 9 nitrogen and oxygen atoms in total. The fourth-order valence-electron chi connectivity index (χ4n) is 3.07. The van der Waals surface area contributed by atoms with Crippen LogP contribution >= 0.6 is 0 Å². The standard InChI is InChI=1S/C24H21N3O6/c1-15-21(19(28)11-12-31-15)32-14-16-7-9-18(10-8-16)22-26-24(33-27-22)23(30)25-13-20(29)17-5-3-2-4-6-17/h2-12,20,29H,13-14H2,1H3,(H,25,30)/t20-/m0/s1. The third-order valence-electron chi connectivity index (χ3n) is 4.86. The molecular formula is C24H21N3O6. The van der Waals surface area contributed by atoms with Crippen molar-refractivity contribution >= 4 is 5.91 Å². The third kappa shape index (κ3) is 5.34. The normalized spacial score (nSPS) is 11.7. The van der Waals surface area contributed by atoms with Crippen LogP contribution in [0.2, 0.25) is 0 Å². The fraction of sp³-hybridized carbons (Fsp3) is 0.167. The molecule has 0 aliphatic carbocycles. The Morgan fingerprint density at radius 1 is 1.12 bits per heavy atom. The Morgan fingerprint density at radius 3 is 2.61 bits per heavy atom. The number of amides is 1. The minimum Gasteiger partial charge on any atom is -0.482 e. The number of ether oxygens (including phenoxy) is 1. The molecule has 33 heavy (non-hydrogen) atoms. The van der Waals surface area contributed by atoms with Gasteiger partial charge in [0, 0.05) is 18.2 Å². The Kier molecular flexibility index (Phi) is 6.61. The first-order valence-corrected chi connectivity index (χ1v) is 10.2. The number of aromatic nitrogens is 2. The molecule has 1 amide bonds. The zero-order valence-electron chi connectivity index (χ0n) is 17.7. The van der Waals surface area contributed by atoms with Crippen molar-refractivity contribution in [3.8, 4) is 17.1 Å². The number of carbonyl (C=O) groups excluding carboxylic acids is 1. The number of hydrogen-bond acceptors (Lipinski definition) is 8. The molecule has 2 aromatic heterocycles. The molecule has 0 radical (unpaired) electrons. The topological polar surface area (TPSA) is 128 Å². The van der Waals surface area contributed by atoms with Gasteiger partial charge in [0.25, 0.3) is 0 Å². The zero-order chi connectivity index (χ0) is 23.2. The fourth-order valence-corrected chi connectivity index (χ4v) is 3.07. The molecule has 4 aromatic rings. The monoisotopic (exact) mass is 447 g/mol. The molecule has 4 rings (SSSR count). The smallest absolute Gasteiger partial charge is 0.316 e. The first kappa shape index (κ1) is 22.0. The second-order valence-electron chi connectivity index (χ2n) is 7.22. The summed E-state index contributed by atoms with van der Waals surface area (Å²) in [5.41, 5.74) is 1.90. The van der Waals surface area contributed by atoms with Crippen LogP contribution in [0.15, 0.2) is 80.7 Å². The molecule has 0 fully saturated rings. The van der Waals surface area contributed by atoms with Crippen LogP contribution in [-0.4, -0.2) is 27.7 Å². The van der Waals surface area contributed by atoms with Gasteiger partial charge in [0.1, 0.15) is 12.4 Å². The summed E-state index contributed by atoms with van der Waals surface area (Å²) < 4.78 is 15.8. The predicted octanol–water partition coefficient (Wildman–Crippen LogP) is 3.04. The number of aliphatic hydroxyl groups excluding tert-OH is 1. The van der Waals surface area contributed by atoms with E-state index < -0.39 is 12.0 Å². The summed E-state index contributed by atoms with van der Waals surface area (Å²) in [5.74, 6) is 0.0475. The Hall–Kier alpha value is -4.24. The van der Waals surface area contributed by atoms with Crippen molar-refractivity contribution in [1.82, 2.24) is 15.5 Å². The van der Waals surface area contributed by atoms with Gasteiger partial charge < -0.3 is 24.1 Å². The van der Waals surface area contributed by atoms with Gasteiger partial charge in [-0.15, -0.1) is 0 Å². The zero-order valence-corrected chi connectivity index (χ0v) is 17.7. The molecule has 0 bridgehead atoms. The third-order valence-corrected chi connectivity index (χ3v) is 4.86. The van der Waals surface area contributed by atoms with E-state index in [1.807, 2.05) is 18.2 Å². The lowest BCUT2D eigenvalue weighted by Gasteiger charge is -2.10. The molecule has 2 aromatic carbocycles. The number of carbonyl (C=O) groups is 1. The predicted molar refractivity (Wildman–Crippen MR) is 118 cm³/mol. The number of nitrogens with zero attached hydrogens (tertiary/aromatic N) is 2. The number of hydrogen-bond donors (Lipinski definition) is 2. The molecule has 0 aliphatic heterocycles. The van der Waals surface area contributed by atoms with Gasteiger partial charge in [0.2, 0.25) is 17.0 Å². The second-order valence-corrected chi connectivity index (χ2v) is 7.22. The first-order valence-electron chi connectivity index (χ1n) is 10.2. The molecule has 0 unspecified atom stereocenters. The molecule has 2 heterocycles. The highest BCUT2D eigenvalue weighted by Gasteiger charge is 2.18. The van der Waals surface area contributed by atoms with Crippen LogP contribution in [0.25, 0.3) is 11.4 Å². The van der Waals surface area contributed by atoms with E-state index in [9.17, 15) is 14.7 Å². The largest absolute Gasteiger partial charge is 0.482 e. The Balaban J connectivity index is 1.35. The van der Waals surface area contributed by atoms with Gasteiger partial charge in [0.15, 0.2) is 0 Å². The lowest BCUT2D eigenvalue weighted by atomic mass is 10.1. The molecule has 2 N–H and O–H groups in total. The van der Waals surface area contributed by atoms with Gasteiger partial charge in [-0.25, -0.2) is 0 Å². The van der Waals surface area contributed by atoms with Crippen molar-refractivity contribution in [3.63, 3.8) is 0 Å². The Morgan fingerprint density at radius 2 is 1.88 bits per heavy atom. The quantitative estimate of drug-likeness (QED) is 0.422. The van der Waals surface area contributed by atoms with Gasteiger partial charge in [0.05, 0.1) is 12.4 Å². The highest BCUT2D eigenvalue weighted by Crippen LogP contribution is 2.19. The molecule has 9 heteroatoms. The van der Waals surface area contributed by atoms with Crippen molar-refractivity contribution < 1.29 is 23.6 Å². The highest BCUT2D eigenvalue weighted by atomic mass is 16.5. The number of rotatable bonds is 8. The van der Waals surface area contributed by atoms with Crippen molar-refractivity contribution in [1.29, 1.82) is 0 Å². The van der Waals surface area contributed by atoms with Crippen LogP contribution in [0.4, 0.5) is 0 Å². The lowest BCUT2D eigenvalue weighted by Crippen LogP contribution is -2.28. The average Bonchev–Trinajstić information content (AvgIpc) is 3.33. The van der Waals surface area contributed by atoms with Crippen LogP contribution in [0.1, 0.15) is 33.7 Å². The van der Waals surface area contributed by atoms with E-state index in [1.165, 1.54) is 12.3 Å². The maximum Gasteiger partial charge on any atom is 0.316 e. The number of benzene rings is 2. The molecule has 1 atom stereocenters. The van der Waals surface area contributed by atoms with Crippen molar-refractivity contribution in [2.45, 2.75) is 19.6 Å². The summed E-state index contributed by atoms with van der Waals surface area (Å²) in [6.07, 6.45) is 0.475. The summed E-state index contributed by atoms with van der Waals surface area (Å²) in [4.78, 5) is 28.3. The van der Waals surface area contributed by atoms with E-state index in [1.54, 1.807) is 43.3 Å². The van der Waals surface area contributed by atoms with Crippen LogP contribution in [0.3, 0.4) is 0 Å². The van der Waals surface area contributed by atoms with E-state index in [0.717, 1.165) is 5.56 Å². The van der Waals surface area contributed by atoms with E-state index in [0.29, 0.717) is 16.9 Å². The number of aliphatic hydroxyl groups is 1. The lowest BCUT2D eigenvalue weighted by molar-refractivity contribution is 0.0873. The maximum atomic E-state index is 12.3. The van der Waals surface area contributed by atoms with Crippen LogP contribution in [0, 0.1) is 6.92 Å². The van der Waals surface area contributed by atoms with Crippen molar-refractivity contribution in [3.05, 3.63) is 99.9 Å². The minimum absolute atomic E-state index is 0.00843. The maximum absolute atomic E-state index is 12.3. The van der Waals surface area contributed by atoms with Gasteiger partial charge in [-0.05, 0) is 18.1 Å². The SMILES string of the molecule is Cc1occc(=O)c1OCc1ccc(-c2noc(C(=O)NC[C@H](O)c3ccccc3)n2)cc1. The van der Waals surface area contributed by atoms with Crippen LogP contribution < -0.4 is 15.5 Å². The van der Waals surface area contributed by atoms with E-state index in [2.05, 4.69) is 15.5 Å². The summed E-state index contributed by atoms with van der Waals surface area (Å²) in [6, 6.07) is 17.4. The second kappa shape index (κ2) is 9.92. The van der Waals surface area contributed by atoms with E-state index >= 15 is 0 Å². The molecule has 0 aliphatic rings. The van der Waals surface area contributed by atoms with Crippen molar-refractivity contribution in [2.24, 2.45) is 0 Å². The van der Waals surface area contributed by atoms with Crippen LogP contribution in [-0.2, 0) is 6.61 Å². The summed E-state index contributed by atoms with van der Waals surface area (Å²) in [5, 5.41) is 16.6.